The second kappa shape index (κ2) is 6.74. The maximum absolute atomic E-state index is 12.7. The van der Waals surface area contributed by atoms with Gasteiger partial charge in [-0.05, 0) is 43.2 Å². The average molecular weight is 382 g/mol. The summed E-state index contributed by atoms with van der Waals surface area (Å²) in [6, 6.07) is 5.57. The lowest BCUT2D eigenvalue weighted by Crippen LogP contribution is -2.45. The first kappa shape index (κ1) is 17.5. The molecule has 0 N–H and O–H groups in total. The summed E-state index contributed by atoms with van der Waals surface area (Å²) in [5, 5.41) is 0. The van der Waals surface area contributed by atoms with E-state index in [4.69, 9.17) is 9.47 Å². The van der Waals surface area contributed by atoms with E-state index in [1.54, 1.807) is 26.0 Å². The summed E-state index contributed by atoms with van der Waals surface area (Å²) in [6.45, 7) is 3.79. The highest BCUT2D eigenvalue weighted by Crippen LogP contribution is 2.47. The van der Waals surface area contributed by atoms with Crippen molar-refractivity contribution in [2.45, 2.75) is 19.3 Å². The number of carbonyl (C=O) groups excluding carboxylic acids is 2. The maximum Gasteiger partial charge on any atom is 0.333 e. The van der Waals surface area contributed by atoms with Gasteiger partial charge in [0, 0.05) is 24.3 Å². The summed E-state index contributed by atoms with van der Waals surface area (Å²) in [6.07, 6.45) is 1.77. The average Bonchev–Trinajstić information content (AvgIpc) is 2.79. The topological polar surface area (TPSA) is 55.8 Å². The number of carbonyl (C=O) groups is 2. The van der Waals surface area contributed by atoms with Gasteiger partial charge in [0.15, 0.2) is 0 Å². The molecule has 0 saturated heterocycles. The molecule has 0 fully saturated rings. The van der Waals surface area contributed by atoms with E-state index in [0.29, 0.717) is 10.0 Å². The normalized spacial score (nSPS) is 14.7. The molecule has 1 aromatic rings. The molecule has 0 unspecified atom stereocenters. The van der Waals surface area contributed by atoms with Gasteiger partial charge >= 0.3 is 11.9 Å². The van der Waals surface area contributed by atoms with E-state index in [0.717, 1.165) is 11.3 Å². The molecule has 0 atom stereocenters. The summed E-state index contributed by atoms with van der Waals surface area (Å²) in [5.74, 6) is -1.25. The zero-order chi connectivity index (χ0) is 17.2. The van der Waals surface area contributed by atoms with Crippen molar-refractivity contribution in [3.8, 4) is 0 Å². The van der Waals surface area contributed by atoms with Crippen molar-refractivity contribution in [3.05, 3.63) is 33.8 Å². The first-order valence-electron chi connectivity index (χ1n) is 7.43. The molecule has 0 saturated carbocycles. The number of nitrogens with zero attached hydrogens (tertiary/aromatic N) is 1. The van der Waals surface area contributed by atoms with Gasteiger partial charge in [-0.1, -0.05) is 22.0 Å². The highest BCUT2D eigenvalue weighted by atomic mass is 79.9. The minimum Gasteiger partial charge on any atom is -0.465 e. The first-order chi connectivity index (χ1) is 10.9. The third-order valence-corrected chi connectivity index (χ3v) is 4.58. The SMILES string of the molecule is CCOC(=O)C1(C(=O)OCC)C(Br)=Cc2cc(N(C)C)ccc21. The fourth-order valence-electron chi connectivity index (χ4n) is 2.64. The first-order valence-corrected chi connectivity index (χ1v) is 8.22. The molecule has 6 heteroatoms. The lowest BCUT2D eigenvalue weighted by Gasteiger charge is -2.27. The second-order valence-electron chi connectivity index (χ2n) is 5.35. The number of hydrogen-bond acceptors (Lipinski definition) is 5. The molecular weight excluding hydrogens is 362 g/mol. The van der Waals surface area contributed by atoms with Crippen LogP contribution in [0, 0.1) is 0 Å². The van der Waals surface area contributed by atoms with E-state index in [-0.39, 0.29) is 13.2 Å². The molecule has 1 aliphatic carbocycles. The number of halogens is 1. The van der Waals surface area contributed by atoms with Crippen molar-refractivity contribution in [3.63, 3.8) is 0 Å². The van der Waals surface area contributed by atoms with Crippen molar-refractivity contribution >= 4 is 39.6 Å². The minimum absolute atomic E-state index is 0.186. The minimum atomic E-state index is -1.58. The molecule has 5 nitrogen and oxygen atoms in total. The number of benzene rings is 1. The Morgan fingerprint density at radius 2 is 1.70 bits per heavy atom. The van der Waals surface area contributed by atoms with Gasteiger partial charge in [-0.25, -0.2) is 0 Å². The Hall–Kier alpha value is -1.82. The number of fused-ring (bicyclic) bond motifs is 1. The van der Waals surface area contributed by atoms with Crippen LogP contribution in [0.2, 0.25) is 0 Å². The summed E-state index contributed by atoms with van der Waals surface area (Å²) in [4.78, 5) is 27.3. The Kier molecular flexibility index (Phi) is 5.14. The Morgan fingerprint density at radius 1 is 1.13 bits per heavy atom. The monoisotopic (exact) mass is 381 g/mol. The Balaban J connectivity index is 2.64. The quantitative estimate of drug-likeness (QED) is 0.579. The van der Waals surface area contributed by atoms with Crippen LogP contribution in [0.15, 0.2) is 22.7 Å². The van der Waals surface area contributed by atoms with Crippen molar-refractivity contribution in [1.29, 1.82) is 0 Å². The highest BCUT2D eigenvalue weighted by molar-refractivity contribution is 9.12. The standard InChI is InChI=1S/C17H20BrNO4/c1-5-22-15(20)17(16(21)23-6-2)13-8-7-12(19(3)4)9-11(13)10-14(17)18/h7-10H,5-6H2,1-4H3. The maximum atomic E-state index is 12.7. The Morgan fingerprint density at radius 3 is 2.17 bits per heavy atom. The molecule has 1 aliphatic rings. The molecule has 2 rings (SSSR count). The zero-order valence-corrected chi connectivity index (χ0v) is 15.3. The van der Waals surface area contributed by atoms with Gasteiger partial charge in [0.25, 0.3) is 0 Å². The third kappa shape index (κ3) is 2.76. The molecule has 0 bridgehead atoms. The molecule has 23 heavy (non-hydrogen) atoms. The smallest absolute Gasteiger partial charge is 0.333 e. The van der Waals surface area contributed by atoms with E-state index in [1.807, 2.05) is 31.1 Å². The molecule has 0 aromatic heterocycles. The van der Waals surface area contributed by atoms with Crippen molar-refractivity contribution in [2.24, 2.45) is 0 Å². The van der Waals surface area contributed by atoms with Crippen LogP contribution in [0.25, 0.3) is 6.08 Å². The van der Waals surface area contributed by atoms with Crippen molar-refractivity contribution in [1.82, 2.24) is 0 Å². The second-order valence-corrected chi connectivity index (χ2v) is 6.20. The van der Waals surface area contributed by atoms with Crippen molar-refractivity contribution < 1.29 is 19.1 Å². The van der Waals surface area contributed by atoms with Crippen LogP contribution in [0.4, 0.5) is 5.69 Å². The summed E-state index contributed by atoms with van der Waals surface area (Å²) in [7, 11) is 3.86. The fraction of sp³-hybridized carbons (Fsp3) is 0.412. The summed E-state index contributed by atoms with van der Waals surface area (Å²) >= 11 is 3.39. The molecule has 0 aliphatic heterocycles. The number of anilines is 1. The molecule has 1 aromatic carbocycles. The predicted octanol–water partition coefficient (Wildman–Crippen LogP) is 2.87. The third-order valence-electron chi connectivity index (χ3n) is 3.76. The molecule has 0 heterocycles. The van der Waals surface area contributed by atoms with Gasteiger partial charge < -0.3 is 14.4 Å². The summed E-state index contributed by atoms with van der Waals surface area (Å²) in [5.41, 5.74) is 0.770. The van der Waals surface area contributed by atoms with E-state index in [1.165, 1.54) is 0 Å². The van der Waals surface area contributed by atoms with E-state index in [9.17, 15) is 9.59 Å². The van der Waals surface area contributed by atoms with Gasteiger partial charge in [-0.2, -0.15) is 0 Å². The van der Waals surface area contributed by atoms with Gasteiger partial charge in [0.1, 0.15) is 0 Å². The number of hydrogen-bond donors (Lipinski definition) is 0. The molecule has 0 spiro atoms. The van der Waals surface area contributed by atoms with Gasteiger partial charge in [0.2, 0.25) is 5.41 Å². The lowest BCUT2D eigenvalue weighted by molar-refractivity contribution is -0.161. The van der Waals surface area contributed by atoms with Crippen molar-refractivity contribution in [2.75, 3.05) is 32.2 Å². The van der Waals surface area contributed by atoms with Gasteiger partial charge in [-0.15, -0.1) is 0 Å². The number of ether oxygens (including phenoxy) is 2. The zero-order valence-electron chi connectivity index (χ0n) is 13.7. The van der Waals surface area contributed by atoms with Gasteiger partial charge in [0.05, 0.1) is 13.2 Å². The fourth-order valence-corrected chi connectivity index (χ4v) is 3.42. The molecule has 0 radical (unpaired) electrons. The molecule has 124 valence electrons. The van der Waals surface area contributed by atoms with Crippen LogP contribution < -0.4 is 4.90 Å². The Bertz CT molecular complexity index is 649. The van der Waals surface area contributed by atoms with Crippen LogP contribution >= 0.6 is 15.9 Å². The Labute approximate surface area is 144 Å². The van der Waals surface area contributed by atoms with E-state index < -0.39 is 17.4 Å². The van der Waals surface area contributed by atoms with Gasteiger partial charge in [-0.3, -0.25) is 9.59 Å². The van der Waals surface area contributed by atoms with E-state index in [2.05, 4.69) is 15.9 Å². The lowest BCUT2D eigenvalue weighted by atomic mass is 9.82. The summed E-state index contributed by atoms with van der Waals surface area (Å²) < 4.78 is 10.8. The van der Waals surface area contributed by atoms with Crippen LogP contribution in [-0.4, -0.2) is 39.2 Å². The van der Waals surface area contributed by atoms with Crippen LogP contribution in [-0.2, 0) is 24.5 Å². The molecule has 0 amide bonds. The van der Waals surface area contributed by atoms with Crippen LogP contribution in [0.1, 0.15) is 25.0 Å². The highest BCUT2D eigenvalue weighted by Gasteiger charge is 2.56. The van der Waals surface area contributed by atoms with Crippen LogP contribution in [0.3, 0.4) is 0 Å². The van der Waals surface area contributed by atoms with Crippen LogP contribution in [0.5, 0.6) is 0 Å². The molecular formula is C17H20BrNO4. The largest absolute Gasteiger partial charge is 0.465 e. The predicted molar refractivity (Wildman–Crippen MR) is 92.6 cm³/mol. The number of rotatable bonds is 5. The number of esters is 2. The van der Waals surface area contributed by atoms with E-state index >= 15 is 0 Å².